The predicted molar refractivity (Wildman–Crippen MR) is 101 cm³/mol. The zero-order valence-corrected chi connectivity index (χ0v) is 14.8. The maximum Gasteiger partial charge on any atom is 0.338 e. The Balaban J connectivity index is 1.58. The number of imidazole rings is 1. The zero-order chi connectivity index (χ0) is 20.1. The highest BCUT2D eigenvalue weighted by atomic mass is 16.6. The second kappa shape index (κ2) is 8.12. The fourth-order valence-electron chi connectivity index (χ4n) is 2.45. The number of hydrogen-bond donors (Lipinski definition) is 2. The van der Waals surface area contributed by atoms with Crippen LogP contribution in [0.15, 0.2) is 54.9 Å². The summed E-state index contributed by atoms with van der Waals surface area (Å²) in [5.41, 5.74) is 1.89. The highest BCUT2D eigenvalue weighted by Gasteiger charge is 2.14. The van der Waals surface area contributed by atoms with Crippen LogP contribution in [0.25, 0.3) is 11.4 Å². The first-order valence-electron chi connectivity index (χ1n) is 8.26. The van der Waals surface area contributed by atoms with Crippen molar-refractivity contribution in [2.75, 3.05) is 11.9 Å². The molecule has 1 amide bonds. The van der Waals surface area contributed by atoms with Gasteiger partial charge in [0, 0.05) is 30.1 Å². The van der Waals surface area contributed by atoms with Gasteiger partial charge in [-0.05, 0) is 24.6 Å². The predicted octanol–water partition coefficient (Wildman–Crippen LogP) is 3.09. The lowest BCUT2D eigenvalue weighted by molar-refractivity contribution is -0.384. The van der Waals surface area contributed by atoms with Crippen LogP contribution in [0, 0.1) is 17.0 Å². The number of amides is 1. The standard InChI is InChI=1S/C19H16N4O5/c1-12-2-7-15(23(26)27)10-16(12)22-17(24)11-28-19(25)14-5-3-13(4-6-14)18-20-8-9-21-18/h2-10H,11H2,1H3,(H,20,21)(H,22,24). The van der Waals surface area contributed by atoms with Crippen molar-refractivity contribution in [3.8, 4) is 11.4 Å². The van der Waals surface area contributed by atoms with Crippen LogP contribution < -0.4 is 5.32 Å². The summed E-state index contributed by atoms with van der Waals surface area (Å²) in [7, 11) is 0. The van der Waals surface area contributed by atoms with E-state index in [1.54, 1.807) is 43.6 Å². The van der Waals surface area contributed by atoms with Gasteiger partial charge in [-0.1, -0.05) is 18.2 Å². The highest BCUT2D eigenvalue weighted by molar-refractivity contribution is 5.96. The maximum atomic E-state index is 12.1. The Bertz CT molecular complexity index is 1010. The molecule has 0 spiro atoms. The van der Waals surface area contributed by atoms with Crippen LogP contribution in [-0.2, 0) is 9.53 Å². The van der Waals surface area contributed by atoms with Crippen molar-refractivity contribution in [1.82, 2.24) is 9.97 Å². The molecule has 2 N–H and O–H groups in total. The van der Waals surface area contributed by atoms with E-state index in [0.29, 0.717) is 11.4 Å². The van der Waals surface area contributed by atoms with Gasteiger partial charge in [-0.15, -0.1) is 0 Å². The Morgan fingerprint density at radius 2 is 1.96 bits per heavy atom. The van der Waals surface area contributed by atoms with Crippen LogP contribution in [0.5, 0.6) is 0 Å². The van der Waals surface area contributed by atoms with Crippen molar-refractivity contribution in [1.29, 1.82) is 0 Å². The van der Waals surface area contributed by atoms with E-state index >= 15 is 0 Å². The largest absolute Gasteiger partial charge is 0.452 e. The molecule has 9 nitrogen and oxygen atoms in total. The van der Waals surface area contributed by atoms with Crippen LogP contribution in [0.1, 0.15) is 15.9 Å². The number of anilines is 1. The van der Waals surface area contributed by atoms with Gasteiger partial charge in [0.05, 0.1) is 16.2 Å². The summed E-state index contributed by atoms with van der Waals surface area (Å²) in [6.07, 6.45) is 3.32. The van der Waals surface area contributed by atoms with Crippen molar-refractivity contribution in [3.63, 3.8) is 0 Å². The van der Waals surface area contributed by atoms with Gasteiger partial charge in [-0.3, -0.25) is 14.9 Å². The average molecular weight is 380 g/mol. The van der Waals surface area contributed by atoms with Crippen LogP contribution in [0.4, 0.5) is 11.4 Å². The Kier molecular flexibility index (Phi) is 5.45. The van der Waals surface area contributed by atoms with Crippen LogP contribution in [0.2, 0.25) is 0 Å². The summed E-state index contributed by atoms with van der Waals surface area (Å²) < 4.78 is 5.00. The molecule has 0 aliphatic carbocycles. The molecule has 28 heavy (non-hydrogen) atoms. The molecule has 0 bridgehead atoms. The lowest BCUT2D eigenvalue weighted by atomic mass is 10.1. The molecule has 0 aliphatic rings. The first-order valence-corrected chi connectivity index (χ1v) is 8.26. The molecule has 2 aromatic carbocycles. The number of carbonyl (C=O) groups excluding carboxylic acids is 2. The molecular formula is C19H16N4O5. The average Bonchev–Trinajstić information content (AvgIpc) is 3.22. The van der Waals surface area contributed by atoms with Gasteiger partial charge in [0.1, 0.15) is 5.82 Å². The highest BCUT2D eigenvalue weighted by Crippen LogP contribution is 2.22. The molecule has 0 aliphatic heterocycles. The van der Waals surface area contributed by atoms with E-state index < -0.39 is 23.4 Å². The molecule has 3 aromatic rings. The number of aromatic nitrogens is 2. The SMILES string of the molecule is Cc1ccc([N+](=O)[O-])cc1NC(=O)COC(=O)c1ccc(-c2ncc[nH]2)cc1. The molecule has 1 aromatic heterocycles. The van der Waals surface area contributed by atoms with E-state index in [1.807, 2.05) is 0 Å². The third-order valence-corrected chi connectivity index (χ3v) is 3.93. The molecule has 0 atom stereocenters. The number of esters is 1. The van der Waals surface area contributed by atoms with E-state index in [9.17, 15) is 19.7 Å². The second-order valence-corrected chi connectivity index (χ2v) is 5.90. The van der Waals surface area contributed by atoms with Crippen molar-refractivity contribution < 1.29 is 19.2 Å². The van der Waals surface area contributed by atoms with Crippen molar-refractivity contribution in [2.24, 2.45) is 0 Å². The van der Waals surface area contributed by atoms with E-state index in [-0.39, 0.29) is 16.9 Å². The minimum atomic E-state index is -0.656. The number of carbonyl (C=O) groups is 2. The number of rotatable bonds is 6. The summed E-state index contributed by atoms with van der Waals surface area (Å²) in [4.78, 5) is 41.5. The molecule has 0 saturated heterocycles. The van der Waals surface area contributed by atoms with E-state index in [4.69, 9.17) is 4.74 Å². The minimum Gasteiger partial charge on any atom is -0.452 e. The lowest BCUT2D eigenvalue weighted by Gasteiger charge is -2.09. The summed E-state index contributed by atoms with van der Waals surface area (Å²) in [5.74, 6) is -0.576. The third-order valence-electron chi connectivity index (χ3n) is 3.93. The number of H-pyrrole nitrogens is 1. The molecule has 9 heteroatoms. The van der Waals surface area contributed by atoms with Crippen molar-refractivity contribution in [3.05, 3.63) is 76.1 Å². The monoisotopic (exact) mass is 380 g/mol. The Morgan fingerprint density at radius 1 is 1.21 bits per heavy atom. The number of nitrogens with zero attached hydrogens (tertiary/aromatic N) is 2. The van der Waals surface area contributed by atoms with Crippen LogP contribution >= 0.6 is 0 Å². The lowest BCUT2D eigenvalue weighted by Crippen LogP contribution is -2.21. The van der Waals surface area contributed by atoms with Gasteiger partial charge < -0.3 is 15.0 Å². The molecule has 3 rings (SSSR count). The van der Waals surface area contributed by atoms with Gasteiger partial charge in [0.15, 0.2) is 6.61 Å². The number of nitro benzene ring substituents is 1. The minimum absolute atomic E-state index is 0.144. The van der Waals surface area contributed by atoms with Gasteiger partial charge in [-0.2, -0.15) is 0 Å². The number of aryl methyl sites for hydroxylation is 1. The van der Waals surface area contributed by atoms with Gasteiger partial charge in [0.25, 0.3) is 11.6 Å². The first kappa shape index (κ1) is 18.8. The van der Waals surface area contributed by atoms with E-state index in [1.165, 1.54) is 18.2 Å². The molecule has 0 fully saturated rings. The Hall–Kier alpha value is -4.01. The second-order valence-electron chi connectivity index (χ2n) is 5.90. The maximum absolute atomic E-state index is 12.1. The molecule has 142 valence electrons. The van der Waals surface area contributed by atoms with Crippen LogP contribution in [-0.4, -0.2) is 33.4 Å². The summed E-state index contributed by atoms with van der Waals surface area (Å²) >= 11 is 0. The molecule has 1 heterocycles. The smallest absolute Gasteiger partial charge is 0.338 e. The number of nitrogens with one attached hydrogen (secondary N) is 2. The number of nitro groups is 1. The van der Waals surface area contributed by atoms with Crippen LogP contribution in [0.3, 0.4) is 0 Å². The molecule has 0 unspecified atom stereocenters. The van der Waals surface area contributed by atoms with Crippen molar-refractivity contribution in [2.45, 2.75) is 6.92 Å². The van der Waals surface area contributed by atoms with E-state index in [2.05, 4.69) is 15.3 Å². The molecule has 0 saturated carbocycles. The number of aromatic amines is 1. The summed E-state index contributed by atoms with van der Waals surface area (Å²) in [6, 6.07) is 10.7. The van der Waals surface area contributed by atoms with Gasteiger partial charge >= 0.3 is 5.97 Å². The summed E-state index contributed by atoms with van der Waals surface area (Å²) in [5, 5.41) is 13.3. The number of non-ortho nitro benzene ring substituents is 1. The molecular weight excluding hydrogens is 364 g/mol. The summed E-state index contributed by atoms with van der Waals surface area (Å²) in [6.45, 7) is 1.19. The molecule has 0 radical (unpaired) electrons. The number of ether oxygens (including phenoxy) is 1. The normalized spacial score (nSPS) is 10.3. The number of benzene rings is 2. The number of hydrogen-bond acceptors (Lipinski definition) is 6. The topological polar surface area (TPSA) is 127 Å². The van der Waals surface area contributed by atoms with Gasteiger partial charge in [-0.25, -0.2) is 9.78 Å². The third kappa shape index (κ3) is 4.39. The van der Waals surface area contributed by atoms with Crippen molar-refractivity contribution >= 4 is 23.3 Å². The fourth-order valence-corrected chi connectivity index (χ4v) is 2.45. The van der Waals surface area contributed by atoms with E-state index in [0.717, 1.165) is 5.56 Å². The Morgan fingerprint density at radius 3 is 2.61 bits per heavy atom. The van der Waals surface area contributed by atoms with Gasteiger partial charge in [0.2, 0.25) is 0 Å². The quantitative estimate of drug-likeness (QED) is 0.384. The zero-order valence-electron chi connectivity index (χ0n) is 14.8. The fraction of sp³-hybridized carbons (Fsp3) is 0.105. The Labute approximate surface area is 159 Å². The first-order chi connectivity index (χ1) is 13.4.